The zero-order valence-electron chi connectivity index (χ0n) is 10.2. The highest BCUT2D eigenvalue weighted by Crippen LogP contribution is 2.41. The predicted octanol–water partition coefficient (Wildman–Crippen LogP) is 2.86. The van der Waals surface area contributed by atoms with E-state index in [4.69, 9.17) is 28.9 Å². The summed E-state index contributed by atoms with van der Waals surface area (Å²) in [5.74, 6) is 0. The molecule has 1 aromatic carbocycles. The number of rotatable bonds is 2. The molecule has 0 heterocycles. The fraction of sp³-hybridized carbons (Fsp3) is 0.231. The van der Waals surface area contributed by atoms with Gasteiger partial charge in [0.1, 0.15) is 4.87 Å². The lowest BCUT2D eigenvalue weighted by Crippen LogP contribution is -2.46. The van der Waals surface area contributed by atoms with Gasteiger partial charge in [0.05, 0.1) is 0 Å². The van der Waals surface area contributed by atoms with E-state index in [9.17, 15) is 8.42 Å². The van der Waals surface area contributed by atoms with Gasteiger partial charge in [-0.25, -0.2) is 8.42 Å². The first-order valence-electron chi connectivity index (χ1n) is 5.56. The van der Waals surface area contributed by atoms with E-state index in [-0.39, 0.29) is 11.5 Å². The summed E-state index contributed by atoms with van der Waals surface area (Å²) in [6.07, 6.45) is 2.46. The molecule has 0 aliphatic heterocycles. The van der Waals surface area contributed by atoms with Gasteiger partial charge in [0.25, 0.3) is 0 Å². The Morgan fingerprint density at radius 3 is 2.26 bits per heavy atom. The highest BCUT2D eigenvalue weighted by molar-refractivity contribution is 7.92. The Morgan fingerprint density at radius 1 is 1.21 bits per heavy atom. The first kappa shape index (κ1) is 14.6. The molecule has 0 radical (unpaired) electrons. The number of hydrogen-bond donors (Lipinski definition) is 1. The van der Waals surface area contributed by atoms with Crippen molar-refractivity contribution in [2.24, 2.45) is 5.73 Å². The standard InChI is InChI=1S/C13H13Cl2NO2S/c1-19(17,18)13(16)7-10(14)12(11(15)8-13)9-5-3-2-4-6-9/h2-7H,8,16H2,1H3. The van der Waals surface area contributed by atoms with Crippen LogP contribution in [0.4, 0.5) is 0 Å². The Bertz CT molecular complexity index is 665. The molecule has 1 aliphatic carbocycles. The molecule has 0 saturated heterocycles. The molecule has 3 nitrogen and oxygen atoms in total. The Balaban J connectivity index is 2.53. The van der Waals surface area contributed by atoms with Gasteiger partial charge in [-0.3, -0.25) is 0 Å². The fourth-order valence-corrected chi connectivity index (χ4v) is 3.72. The largest absolute Gasteiger partial charge is 0.309 e. The van der Waals surface area contributed by atoms with E-state index in [1.165, 1.54) is 6.08 Å². The van der Waals surface area contributed by atoms with Crippen molar-refractivity contribution in [3.8, 4) is 0 Å². The van der Waals surface area contributed by atoms with Crippen molar-refractivity contribution in [1.82, 2.24) is 0 Å². The molecular formula is C13H13Cl2NO2S. The van der Waals surface area contributed by atoms with E-state index in [2.05, 4.69) is 0 Å². The highest BCUT2D eigenvalue weighted by Gasteiger charge is 2.39. The van der Waals surface area contributed by atoms with E-state index >= 15 is 0 Å². The van der Waals surface area contributed by atoms with Gasteiger partial charge in [-0.05, 0) is 11.6 Å². The average molecular weight is 318 g/mol. The number of sulfone groups is 1. The van der Waals surface area contributed by atoms with Crippen LogP contribution in [0.25, 0.3) is 5.57 Å². The minimum Gasteiger partial charge on any atom is -0.309 e. The Labute approximate surface area is 122 Å². The third kappa shape index (κ3) is 2.72. The highest BCUT2D eigenvalue weighted by atomic mass is 35.5. The lowest BCUT2D eigenvalue weighted by atomic mass is 9.96. The van der Waals surface area contributed by atoms with E-state index in [0.717, 1.165) is 11.8 Å². The van der Waals surface area contributed by atoms with Crippen molar-refractivity contribution in [1.29, 1.82) is 0 Å². The molecule has 6 heteroatoms. The molecular weight excluding hydrogens is 305 g/mol. The third-order valence-corrected chi connectivity index (χ3v) is 5.33. The van der Waals surface area contributed by atoms with Crippen molar-refractivity contribution in [3.05, 3.63) is 52.0 Å². The maximum absolute atomic E-state index is 11.7. The molecule has 1 unspecified atom stereocenters. The number of nitrogens with two attached hydrogens (primary N) is 1. The lowest BCUT2D eigenvalue weighted by Gasteiger charge is -2.29. The van der Waals surface area contributed by atoms with Crippen LogP contribution in [0.3, 0.4) is 0 Å². The molecule has 1 atom stereocenters. The molecule has 0 fully saturated rings. The molecule has 0 spiro atoms. The van der Waals surface area contributed by atoms with Crippen LogP contribution < -0.4 is 5.73 Å². The topological polar surface area (TPSA) is 60.2 Å². The van der Waals surface area contributed by atoms with Crippen LogP contribution in [-0.2, 0) is 9.84 Å². The van der Waals surface area contributed by atoms with Gasteiger partial charge in [-0.2, -0.15) is 0 Å². The summed E-state index contributed by atoms with van der Waals surface area (Å²) in [6.45, 7) is 0. The van der Waals surface area contributed by atoms with Gasteiger partial charge in [0.15, 0.2) is 9.84 Å². The van der Waals surface area contributed by atoms with Crippen LogP contribution in [0.2, 0.25) is 0 Å². The van der Waals surface area contributed by atoms with Crippen molar-refractivity contribution in [2.75, 3.05) is 6.26 Å². The normalized spacial score (nSPS) is 24.3. The second-order valence-corrected chi connectivity index (χ2v) is 7.71. The van der Waals surface area contributed by atoms with Gasteiger partial charge in [0.2, 0.25) is 0 Å². The fourth-order valence-electron chi connectivity index (χ4n) is 1.94. The van der Waals surface area contributed by atoms with Crippen molar-refractivity contribution in [2.45, 2.75) is 11.3 Å². The number of allylic oxidation sites excluding steroid dienone is 2. The molecule has 0 aromatic heterocycles. The summed E-state index contributed by atoms with van der Waals surface area (Å²) in [4.78, 5) is -1.54. The van der Waals surface area contributed by atoms with E-state index in [0.29, 0.717) is 10.6 Å². The van der Waals surface area contributed by atoms with Gasteiger partial charge >= 0.3 is 0 Å². The summed E-state index contributed by atoms with van der Waals surface area (Å²) < 4.78 is 23.5. The molecule has 0 amide bonds. The molecule has 102 valence electrons. The summed E-state index contributed by atoms with van der Waals surface area (Å²) >= 11 is 12.4. The SMILES string of the molecule is CS(=O)(=O)C1(N)C=C(Cl)C(c2ccccc2)=C(Cl)C1. The van der Waals surface area contributed by atoms with Gasteiger partial charge in [0, 0.05) is 28.3 Å². The van der Waals surface area contributed by atoms with Gasteiger partial charge in [-0.15, -0.1) is 0 Å². The van der Waals surface area contributed by atoms with Gasteiger partial charge in [-0.1, -0.05) is 53.5 Å². The number of halogens is 2. The van der Waals surface area contributed by atoms with E-state index in [1.54, 1.807) is 0 Å². The van der Waals surface area contributed by atoms with Gasteiger partial charge < -0.3 is 5.73 Å². The van der Waals surface area contributed by atoms with Crippen LogP contribution in [0.15, 0.2) is 46.5 Å². The molecule has 19 heavy (non-hydrogen) atoms. The third-order valence-electron chi connectivity index (χ3n) is 3.07. The molecule has 2 N–H and O–H groups in total. The predicted molar refractivity (Wildman–Crippen MR) is 79.5 cm³/mol. The smallest absolute Gasteiger partial charge is 0.170 e. The summed E-state index contributed by atoms with van der Waals surface area (Å²) in [5.41, 5.74) is 7.36. The van der Waals surface area contributed by atoms with Crippen LogP contribution in [0.5, 0.6) is 0 Å². The Morgan fingerprint density at radius 2 is 1.79 bits per heavy atom. The number of hydrogen-bond acceptors (Lipinski definition) is 3. The Kier molecular flexibility index (Phi) is 3.80. The van der Waals surface area contributed by atoms with Crippen molar-refractivity contribution >= 4 is 38.6 Å². The van der Waals surface area contributed by atoms with Crippen molar-refractivity contribution < 1.29 is 8.42 Å². The van der Waals surface area contributed by atoms with E-state index < -0.39 is 14.7 Å². The first-order chi connectivity index (χ1) is 8.74. The second kappa shape index (κ2) is 4.94. The molecule has 1 aromatic rings. The van der Waals surface area contributed by atoms with Crippen molar-refractivity contribution in [3.63, 3.8) is 0 Å². The zero-order chi connectivity index (χ0) is 14.3. The minimum atomic E-state index is -3.50. The molecule has 0 saturated carbocycles. The zero-order valence-corrected chi connectivity index (χ0v) is 12.6. The van der Waals surface area contributed by atoms with E-state index in [1.807, 2.05) is 30.3 Å². The monoisotopic (exact) mass is 317 g/mol. The Hall–Kier alpha value is -0.810. The average Bonchev–Trinajstić information content (AvgIpc) is 2.27. The van der Waals surface area contributed by atoms with Crippen LogP contribution in [-0.4, -0.2) is 19.5 Å². The summed E-state index contributed by atoms with van der Waals surface area (Å²) in [6, 6.07) is 9.31. The summed E-state index contributed by atoms with van der Waals surface area (Å²) in [7, 11) is -3.50. The second-order valence-electron chi connectivity index (χ2n) is 4.54. The van der Waals surface area contributed by atoms with Crippen LogP contribution >= 0.6 is 23.2 Å². The maximum atomic E-state index is 11.7. The van der Waals surface area contributed by atoms with Crippen LogP contribution in [0, 0.1) is 0 Å². The number of benzene rings is 1. The first-order valence-corrected chi connectivity index (χ1v) is 8.20. The molecule has 1 aliphatic rings. The molecule has 0 bridgehead atoms. The minimum absolute atomic E-state index is 0.0217. The maximum Gasteiger partial charge on any atom is 0.170 e. The van der Waals surface area contributed by atoms with Crippen LogP contribution in [0.1, 0.15) is 12.0 Å². The lowest BCUT2D eigenvalue weighted by molar-refractivity contribution is 0.560. The quantitative estimate of drug-likeness (QED) is 0.912. The summed E-state index contributed by atoms with van der Waals surface area (Å²) in [5, 5.41) is 0.613. The molecule has 2 rings (SSSR count).